The smallest absolute Gasteiger partial charge is 0.244 e. The number of benzene rings is 2. The van der Waals surface area contributed by atoms with E-state index in [-0.39, 0.29) is 18.2 Å². The second-order valence-corrected chi connectivity index (χ2v) is 10.2. The molecule has 34 heavy (non-hydrogen) atoms. The van der Waals surface area contributed by atoms with Crippen LogP contribution in [0, 0.1) is 6.92 Å². The number of carbonyl (C=O) groups is 2. The molecule has 184 valence electrons. The van der Waals surface area contributed by atoms with Crippen LogP contribution in [0.25, 0.3) is 0 Å². The second-order valence-electron chi connectivity index (χ2n) is 8.04. The van der Waals surface area contributed by atoms with Gasteiger partial charge in [-0.2, -0.15) is 0 Å². The Morgan fingerprint density at radius 1 is 1.09 bits per heavy atom. The number of nitrogens with one attached hydrogen (secondary N) is 1. The van der Waals surface area contributed by atoms with Crippen molar-refractivity contribution in [2.45, 2.75) is 33.4 Å². The lowest BCUT2D eigenvalue weighted by Gasteiger charge is -2.32. The number of sulfonamides is 1. The highest BCUT2D eigenvalue weighted by Gasteiger charge is 2.31. The predicted octanol–water partition coefficient (Wildman–Crippen LogP) is 2.09. The van der Waals surface area contributed by atoms with Crippen LogP contribution < -0.4 is 19.1 Å². The van der Waals surface area contributed by atoms with E-state index in [1.54, 1.807) is 25.1 Å². The largest absolute Gasteiger partial charge is 0.486 e. The van der Waals surface area contributed by atoms with Gasteiger partial charge in [-0.15, -0.1) is 0 Å². The van der Waals surface area contributed by atoms with Gasteiger partial charge in [-0.3, -0.25) is 13.9 Å². The Bertz CT molecular complexity index is 1150. The van der Waals surface area contributed by atoms with Crippen molar-refractivity contribution in [3.05, 3.63) is 53.6 Å². The molecule has 1 atom stereocenters. The summed E-state index contributed by atoms with van der Waals surface area (Å²) in [5.41, 5.74) is 2.15. The van der Waals surface area contributed by atoms with Gasteiger partial charge in [-0.1, -0.05) is 29.8 Å². The molecule has 10 heteroatoms. The Labute approximate surface area is 200 Å². The van der Waals surface area contributed by atoms with E-state index in [1.807, 2.05) is 31.2 Å². The molecule has 3 rings (SSSR count). The number of ether oxygens (including phenoxy) is 2. The molecule has 2 aromatic carbocycles. The zero-order chi connectivity index (χ0) is 24.9. The number of carbonyl (C=O) groups excluding carboxylic acids is 2. The van der Waals surface area contributed by atoms with E-state index >= 15 is 0 Å². The third kappa shape index (κ3) is 5.80. The lowest BCUT2D eigenvalue weighted by Crippen LogP contribution is -2.51. The van der Waals surface area contributed by atoms with Crippen LogP contribution in [0.3, 0.4) is 0 Å². The van der Waals surface area contributed by atoms with E-state index < -0.39 is 28.5 Å². The number of anilines is 1. The maximum absolute atomic E-state index is 13.5. The quantitative estimate of drug-likeness (QED) is 0.578. The fourth-order valence-electron chi connectivity index (χ4n) is 3.71. The van der Waals surface area contributed by atoms with Gasteiger partial charge in [0.15, 0.2) is 11.5 Å². The van der Waals surface area contributed by atoms with E-state index in [1.165, 1.54) is 18.9 Å². The third-order valence-corrected chi connectivity index (χ3v) is 7.38. The van der Waals surface area contributed by atoms with Gasteiger partial charge in [0.25, 0.3) is 0 Å². The number of hydrogen-bond donors (Lipinski definition) is 1. The molecule has 0 aliphatic carbocycles. The van der Waals surface area contributed by atoms with Crippen LogP contribution in [0.5, 0.6) is 11.5 Å². The van der Waals surface area contributed by atoms with Gasteiger partial charge in [0.1, 0.15) is 25.8 Å². The third-order valence-electron chi connectivity index (χ3n) is 5.64. The van der Waals surface area contributed by atoms with Crippen molar-refractivity contribution in [2.24, 2.45) is 0 Å². The molecule has 2 aromatic rings. The van der Waals surface area contributed by atoms with Crippen molar-refractivity contribution in [1.82, 2.24) is 10.2 Å². The van der Waals surface area contributed by atoms with Crippen molar-refractivity contribution >= 4 is 27.5 Å². The van der Waals surface area contributed by atoms with Crippen LogP contribution in [-0.2, 0) is 26.2 Å². The van der Waals surface area contributed by atoms with Crippen molar-refractivity contribution in [1.29, 1.82) is 0 Å². The first-order valence-electron chi connectivity index (χ1n) is 11.1. The first kappa shape index (κ1) is 25.4. The zero-order valence-corrected chi connectivity index (χ0v) is 20.7. The first-order valence-corrected chi connectivity index (χ1v) is 12.7. The number of rotatable bonds is 9. The van der Waals surface area contributed by atoms with E-state index in [4.69, 9.17) is 9.47 Å². The summed E-state index contributed by atoms with van der Waals surface area (Å²) in [6.45, 7) is 5.54. The highest BCUT2D eigenvalue weighted by atomic mass is 32.2. The highest BCUT2D eigenvalue weighted by Crippen LogP contribution is 2.35. The van der Waals surface area contributed by atoms with Crippen LogP contribution in [0.4, 0.5) is 5.69 Å². The van der Waals surface area contributed by atoms with Crippen LogP contribution in [-0.4, -0.2) is 63.7 Å². The molecule has 0 saturated carbocycles. The Morgan fingerprint density at radius 3 is 2.44 bits per heavy atom. The molecule has 9 nitrogen and oxygen atoms in total. The average Bonchev–Trinajstić information content (AvgIpc) is 2.84. The highest BCUT2D eigenvalue weighted by molar-refractivity contribution is 7.92. The Balaban J connectivity index is 1.95. The fraction of sp³-hybridized carbons (Fsp3) is 0.417. The molecule has 0 bridgehead atoms. The number of aryl methyl sites for hydroxylation is 1. The monoisotopic (exact) mass is 489 g/mol. The lowest BCUT2D eigenvalue weighted by molar-refractivity contribution is -0.139. The summed E-state index contributed by atoms with van der Waals surface area (Å²) in [5, 5.41) is 2.56. The van der Waals surface area contributed by atoms with Gasteiger partial charge >= 0.3 is 0 Å². The van der Waals surface area contributed by atoms with E-state index in [9.17, 15) is 18.0 Å². The Hall–Kier alpha value is -3.27. The maximum Gasteiger partial charge on any atom is 0.244 e. The van der Waals surface area contributed by atoms with Crippen molar-refractivity contribution in [3.8, 4) is 11.5 Å². The molecule has 1 heterocycles. The molecule has 0 aromatic heterocycles. The van der Waals surface area contributed by atoms with Gasteiger partial charge in [0, 0.05) is 19.7 Å². The summed E-state index contributed by atoms with van der Waals surface area (Å²) in [7, 11) is -2.31. The summed E-state index contributed by atoms with van der Waals surface area (Å²) < 4.78 is 38.2. The van der Waals surface area contributed by atoms with Gasteiger partial charge in [0.2, 0.25) is 21.8 Å². The van der Waals surface area contributed by atoms with Gasteiger partial charge in [-0.05, 0) is 38.5 Å². The van der Waals surface area contributed by atoms with Gasteiger partial charge in [-0.25, -0.2) is 8.42 Å². The summed E-state index contributed by atoms with van der Waals surface area (Å²) in [4.78, 5) is 27.3. The minimum absolute atomic E-state index is 0.163. The minimum atomic E-state index is -3.81. The lowest BCUT2D eigenvalue weighted by atomic mass is 10.1. The predicted molar refractivity (Wildman–Crippen MR) is 129 cm³/mol. The number of hydrogen-bond acceptors (Lipinski definition) is 6. The molecular formula is C24H31N3O6S. The Morgan fingerprint density at radius 2 is 1.79 bits per heavy atom. The molecule has 1 N–H and O–H groups in total. The van der Waals surface area contributed by atoms with E-state index in [0.29, 0.717) is 30.4 Å². The van der Waals surface area contributed by atoms with Crippen LogP contribution >= 0.6 is 0 Å². The topological polar surface area (TPSA) is 105 Å². The van der Waals surface area contributed by atoms with Crippen molar-refractivity contribution in [3.63, 3.8) is 0 Å². The molecule has 0 fully saturated rings. The summed E-state index contributed by atoms with van der Waals surface area (Å²) in [5.74, 6) is -0.0977. The van der Waals surface area contributed by atoms with Crippen molar-refractivity contribution < 1.29 is 27.5 Å². The van der Waals surface area contributed by atoms with Gasteiger partial charge < -0.3 is 19.7 Å². The molecule has 2 amide bonds. The van der Waals surface area contributed by atoms with Gasteiger partial charge in [0.05, 0.1) is 11.4 Å². The number of fused-ring (bicyclic) bond motifs is 1. The SMILES string of the molecule is CCS(=O)(=O)N(CC(=O)N(Cc1cccc(C)c1)C(C)C(=O)NC)c1ccc2c(c1)OCCO2. The fourth-order valence-corrected chi connectivity index (χ4v) is 4.76. The van der Waals surface area contributed by atoms with Crippen LogP contribution in [0.2, 0.25) is 0 Å². The summed E-state index contributed by atoms with van der Waals surface area (Å²) >= 11 is 0. The zero-order valence-electron chi connectivity index (χ0n) is 19.9. The maximum atomic E-state index is 13.5. The normalized spacial score (nSPS) is 13.6. The molecule has 0 saturated heterocycles. The molecule has 1 aliphatic rings. The van der Waals surface area contributed by atoms with Crippen LogP contribution in [0.1, 0.15) is 25.0 Å². The average molecular weight is 490 g/mol. The Kier molecular flexibility index (Phi) is 8.03. The molecule has 0 spiro atoms. The summed E-state index contributed by atoms with van der Waals surface area (Å²) in [6.07, 6.45) is 0. The van der Waals surface area contributed by atoms with E-state index in [2.05, 4.69) is 5.32 Å². The molecule has 0 radical (unpaired) electrons. The second kappa shape index (κ2) is 10.8. The standard InChI is InChI=1S/C24H31N3O6S/c1-5-34(30,31)27(20-9-10-21-22(14-20)33-12-11-32-21)16-23(28)26(18(3)24(29)25-4)15-19-8-6-7-17(2)13-19/h6-10,13-14,18H,5,11-12,15-16H2,1-4H3,(H,25,29). The summed E-state index contributed by atoms with van der Waals surface area (Å²) in [6, 6.07) is 11.6. The van der Waals surface area contributed by atoms with Crippen LogP contribution in [0.15, 0.2) is 42.5 Å². The molecule has 1 unspecified atom stereocenters. The number of amides is 2. The number of likely N-dealkylation sites (N-methyl/N-ethyl adjacent to an activating group) is 1. The molecule has 1 aliphatic heterocycles. The molecular weight excluding hydrogens is 458 g/mol. The van der Waals surface area contributed by atoms with E-state index in [0.717, 1.165) is 15.4 Å². The minimum Gasteiger partial charge on any atom is -0.486 e. The number of nitrogens with zero attached hydrogens (tertiary/aromatic N) is 2. The first-order chi connectivity index (χ1) is 16.2. The van der Waals surface area contributed by atoms with Crippen molar-refractivity contribution in [2.75, 3.05) is 36.9 Å².